The Kier molecular flexibility index (Phi) is 0.562. The molecule has 2 heteroatoms. The average molecular weight is 132 g/mol. The van der Waals surface area contributed by atoms with Crippen LogP contribution in [-0.2, 0) is 0 Å². The van der Waals surface area contributed by atoms with Gasteiger partial charge in [-0.3, -0.25) is 4.99 Å². The van der Waals surface area contributed by atoms with E-state index in [4.69, 9.17) is 0 Å². The van der Waals surface area contributed by atoms with Crippen molar-refractivity contribution in [2.75, 3.05) is 0 Å². The summed E-state index contributed by atoms with van der Waals surface area (Å²) >= 11 is 0. The fourth-order valence-corrected chi connectivity index (χ4v) is 1.85. The topological polar surface area (TPSA) is 24.4 Å². The Morgan fingerprint density at radius 3 is 3.60 bits per heavy atom. The van der Waals surface area contributed by atoms with E-state index in [1.165, 1.54) is 12.1 Å². The van der Waals surface area contributed by atoms with Crippen LogP contribution in [0, 0.1) is 5.92 Å². The number of hydrogen-bond acceptors (Lipinski definition) is 2. The SMILES string of the molecule is C1=CC2CC23N=CNC3=C1. The molecule has 1 heterocycles. The van der Waals surface area contributed by atoms with Gasteiger partial charge >= 0.3 is 0 Å². The smallest absolute Gasteiger partial charge is 0.109 e. The van der Waals surface area contributed by atoms with Crippen LogP contribution >= 0.6 is 0 Å². The molecule has 3 aliphatic rings. The van der Waals surface area contributed by atoms with Gasteiger partial charge in [0.25, 0.3) is 0 Å². The van der Waals surface area contributed by atoms with E-state index in [2.05, 4.69) is 28.5 Å². The number of nitrogens with one attached hydrogen (secondary N) is 1. The Balaban J connectivity index is 2.18. The lowest BCUT2D eigenvalue weighted by molar-refractivity contribution is 0.750. The number of aliphatic imine (C=N–C) groups is 1. The van der Waals surface area contributed by atoms with E-state index in [0.717, 1.165) is 0 Å². The van der Waals surface area contributed by atoms with Crippen LogP contribution in [0.15, 0.2) is 28.9 Å². The van der Waals surface area contributed by atoms with Crippen LogP contribution in [0.1, 0.15) is 6.42 Å². The molecule has 0 aromatic heterocycles. The number of allylic oxidation sites excluding steroid dienone is 2. The number of nitrogens with zero attached hydrogens (tertiary/aromatic N) is 1. The van der Waals surface area contributed by atoms with Crippen LogP contribution in [0.25, 0.3) is 0 Å². The van der Waals surface area contributed by atoms with Crippen molar-refractivity contribution in [1.29, 1.82) is 0 Å². The largest absolute Gasteiger partial charge is 0.348 e. The van der Waals surface area contributed by atoms with E-state index >= 15 is 0 Å². The van der Waals surface area contributed by atoms with Crippen molar-refractivity contribution in [2.45, 2.75) is 12.0 Å². The molecule has 0 aromatic rings. The summed E-state index contributed by atoms with van der Waals surface area (Å²) in [5.74, 6) is 0.693. The minimum absolute atomic E-state index is 0.189. The van der Waals surface area contributed by atoms with Crippen molar-refractivity contribution in [3.63, 3.8) is 0 Å². The molecule has 0 bridgehead atoms. The minimum Gasteiger partial charge on any atom is -0.348 e. The molecule has 1 N–H and O–H groups in total. The first-order valence-corrected chi connectivity index (χ1v) is 3.61. The highest BCUT2D eigenvalue weighted by Gasteiger charge is 2.58. The van der Waals surface area contributed by atoms with Gasteiger partial charge in [0.2, 0.25) is 0 Å². The summed E-state index contributed by atoms with van der Waals surface area (Å²) in [5, 5.41) is 3.16. The standard InChI is InChI=1S/C8H8N2/c1-2-6-4-8(6)7(3-1)9-5-10-8/h1-3,5-6H,4H2,(H,9,10). The summed E-state index contributed by atoms with van der Waals surface area (Å²) in [6.07, 6.45) is 9.51. The highest BCUT2D eigenvalue weighted by molar-refractivity contribution is 5.68. The second-order valence-electron chi connectivity index (χ2n) is 3.10. The Labute approximate surface area is 59.3 Å². The van der Waals surface area contributed by atoms with Gasteiger partial charge in [-0.2, -0.15) is 0 Å². The Morgan fingerprint density at radius 1 is 1.70 bits per heavy atom. The lowest BCUT2D eigenvalue weighted by Crippen LogP contribution is -2.17. The Morgan fingerprint density at radius 2 is 2.70 bits per heavy atom. The normalized spacial score (nSPS) is 45.6. The van der Waals surface area contributed by atoms with Gasteiger partial charge in [-0.25, -0.2) is 0 Å². The lowest BCUT2D eigenvalue weighted by atomic mass is 10.1. The first-order chi connectivity index (χ1) is 4.92. The van der Waals surface area contributed by atoms with Gasteiger partial charge in [0.15, 0.2) is 0 Å². The fraction of sp³-hybridized carbons (Fsp3) is 0.375. The lowest BCUT2D eigenvalue weighted by Gasteiger charge is -2.09. The summed E-state index contributed by atoms with van der Waals surface area (Å²) in [6, 6.07) is 0. The van der Waals surface area contributed by atoms with E-state index in [9.17, 15) is 0 Å². The van der Waals surface area contributed by atoms with Crippen LogP contribution in [-0.4, -0.2) is 11.9 Å². The summed E-state index contributed by atoms with van der Waals surface area (Å²) in [5.41, 5.74) is 1.48. The third-order valence-corrected chi connectivity index (χ3v) is 2.57. The first kappa shape index (κ1) is 4.72. The van der Waals surface area contributed by atoms with Gasteiger partial charge in [-0.15, -0.1) is 0 Å². The van der Waals surface area contributed by atoms with E-state index in [0.29, 0.717) is 5.92 Å². The van der Waals surface area contributed by atoms with Crippen LogP contribution in [0.5, 0.6) is 0 Å². The van der Waals surface area contributed by atoms with Gasteiger partial charge in [0.1, 0.15) is 5.54 Å². The zero-order chi connectivity index (χ0) is 6.60. The molecule has 10 heavy (non-hydrogen) atoms. The molecular formula is C8H8N2. The minimum atomic E-state index is 0.189. The van der Waals surface area contributed by atoms with Crippen molar-refractivity contribution >= 4 is 6.34 Å². The summed E-state index contributed by atoms with van der Waals surface area (Å²) in [7, 11) is 0. The van der Waals surface area contributed by atoms with E-state index in [1.807, 2.05) is 6.34 Å². The molecule has 0 aromatic carbocycles. The highest BCUT2D eigenvalue weighted by atomic mass is 15.2. The predicted molar refractivity (Wildman–Crippen MR) is 39.7 cm³/mol. The third kappa shape index (κ3) is 0.339. The second kappa shape index (κ2) is 1.19. The van der Waals surface area contributed by atoms with Crippen LogP contribution < -0.4 is 5.32 Å². The zero-order valence-electron chi connectivity index (χ0n) is 5.54. The molecule has 1 saturated carbocycles. The third-order valence-electron chi connectivity index (χ3n) is 2.57. The average Bonchev–Trinajstić information content (AvgIpc) is 2.51. The molecule has 1 fully saturated rings. The van der Waals surface area contributed by atoms with Crippen molar-refractivity contribution in [2.24, 2.45) is 10.9 Å². The van der Waals surface area contributed by atoms with Crippen LogP contribution in [0.3, 0.4) is 0 Å². The first-order valence-electron chi connectivity index (χ1n) is 3.61. The molecule has 50 valence electrons. The Bertz CT molecular complexity index is 275. The second-order valence-corrected chi connectivity index (χ2v) is 3.10. The van der Waals surface area contributed by atoms with Gasteiger partial charge in [0.05, 0.1) is 6.34 Å². The number of hydrogen-bond donors (Lipinski definition) is 1. The molecule has 2 unspecified atom stereocenters. The quantitative estimate of drug-likeness (QED) is 0.518. The van der Waals surface area contributed by atoms with Crippen molar-refractivity contribution < 1.29 is 0 Å². The highest BCUT2D eigenvalue weighted by Crippen LogP contribution is 2.55. The van der Waals surface area contributed by atoms with Crippen molar-refractivity contribution in [3.8, 4) is 0 Å². The fourth-order valence-electron chi connectivity index (χ4n) is 1.85. The molecule has 0 amide bonds. The molecular weight excluding hydrogens is 124 g/mol. The summed E-state index contributed by atoms with van der Waals surface area (Å²) in [4.78, 5) is 4.41. The van der Waals surface area contributed by atoms with Gasteiger partial charge in [0, 0.05) is 11.6 Å². The summed E-state index contributed by atoms with van der Waals surface area (Å²) < 4.78 is 0. The predicted octanol–water partition coefficient (Wildman–Crippen LogP) is 0.830. The molecule has 0 radical (unpaired) electrons. The molecule has 2 atom stereocenters. The van der Waals surface area contributed by atoms with Crippen molar-refractivity contribution in [3.05, 3.63) is 23.9 Å². The van der Waals surface area contributed by atoms with Crippen LogP contribution in [0.4, 0.5) is 0 Å². The maximum Gasteiger partial charge on any atom is 0.109 e. The van der Waals surface area contributed by atoms with Gasteiger partial charge in [-0.1, -0.05) is 12.2 Å². The monoisotopic (exact) mass is 132 g/mol. The number of rotatable bonds is 0. The maximum absolute atomic E-state index is 4.41. The Hall–Kier alpha value is -1.05. The molecule has 1 aliphatic heterocycles. The molecule has 0 saturated heterocycles. The molecule has 2 nitrogen and oxygen atoms in total. The van der Waals surface area contributed by atoms with Gasteiger partial charge < -0.3 is 5.32 Å². The van der Waals surface area contributed by atoms with E-state index < -0.39 is 0 Å². The van der Waals surface area contributed by atoms with Crippen LogP contribution in [0.2, 0.25) is 0 Å². The molecule has 1 spiro atoms. The van der Waals surface area contributed by atoms with Gasteiger partial charge in [-0.05, 0) is 12.5 Å². The molecule has 3 rings (SSSR count). The zero-order valence-corrected chi connectivity index (χ0v) is 5.54. The van der Waals surface area contributed by atoms with Crippen molar-refractivity contribution in [1.82, 2.24) is 5.32 Å². The van der Waals surface area contributed by atoms with E-state index in [1.54, 1.807) is 0 Å². The molecule has 2 aliphatic carbocycles. The van der Waals surface area contributed by atoms with E-state index in [-0.39, 0.29) is 5.54 Å². The maximum atomic E-state index is 4.41. The summed E-state index contributed by atoms with van der Waals surface area (Å²) in [6.45, 7) is 0.